The fraction of sp³-hybridized carbons (Fsp3) is 0.143. The summed E-state index contributed by atoms with van der Waals surface area (Å²) in [6.45, 7) is 6.46. The molecule has 5 heteroatoms. The highest BCUT2D eigenvalue weighted by atomic mass is 16.5. The predicted octanol–water partition coefficient (Wildman–Crippen LogP) is 7.48. The summed E-state index contributed by atoms with van der Waals surface area (Å²) in [6, 6.07) is 28.8. The van der Waals surface area contributed by atoms with Gasteiger partial charge in [-0.25, -0.2) is 9.78 Å². The van der Waals surface area contributed by atoms with E-state index in [4.69, 9.17) is 4.74 Å². The molecular formula is C28H27N3O2. The Kier molecular flexibility index (Phi) is 6.41. The van der Waals surface area contributed by atoms with Crippen LogP contribution < -0.4 is 15.4 Å². The van der Waals surface area contributed by atoms with Crippen molar-refractivity contribution in [2.24, 2.45) is 0 Å². The summed E-state index contributed by atoms with van der Waals surface area (Å²) in [7, 11) is 0. The van der Waals surface area contributed by atoms with Crippen molar-refractivity contribution in [1.82, 2.24) is 4.98 Å². The second kappa shape index (κ2) is 9.57. The van der Waals surface area contributed by atoms with E-state index in [9.17, 15) is 4.79 Å². The fourth-order valence-electron chi connectivity index (χ4n) is 3.39. The summed E-state index contributed by atoms with van der Waals surface area (Å²) < 4.78 is 6.02. The second-order valence-electron chi connectivity index (χ2n) is 8.76. The summed E-state index contributed by atoms with van der Waals surface area (Å²) in [5.41, 5.74) is 4.58. The molecule has 2 N–H and O–H groups in total. The van der Waals surface area contributed by atoms with Gasteiger partial charge in [-0.15, -0.1) is 0 Å². The number of nitrogens with zero attached hydrogens (tertiary/aromatic N) is 1. The standard InChI is InChI=1S/C28H27N3O2/c1-28(2,3)22-14-16-23(17-15-22)30-27(32)31-25-13-8-18-29-26(25)33-24-12-7-11-21(19-24)20-9-5-4-6-10-20/h4-19H,1-3H3,(H2,30,31,32). The van der Waals surface area contributed by atoms with Crippen LogP contribution in [-0.4, -0.2) is 11.0 Å². The highest BCUT2D eigenvalue weighted by Crippen LogP contribution is 2.30. The SMILES string of the molecule is CC(C)(C)c1ccc(NC(=O)Nc2cccnc2Oc2cccc(-c3ccccc3)c2)cc1. The Bertz CT molecular complexity index is 1230. The van der Waals surface area contributed by atoms with Crippen molar-refractivity contribution in [3.8, 4) is 22.8 Å². The summed E-state index contributed by atoms with van der Waals surface area (Å²) in [6.07, 6.45) is 1.63. The largest absolute Gasteiger partial charge is 0.437 e. The van der Waals surface area contributed by atoms with Gasteiger partial charge in [-0.1, -0.05) is 75.4 Å². The van der Waals surface area contributed by atoms with E-state index >= 15 is 0 Å². The maximum atomic E-state index is 12.6. The molecule has 2 amide bonds. The number of benzene rings is 3. The van der Waals surface area contributed by atoms with Gasteiger partial charge >= 0.3 is 6.03 Å². The van der Waals surface area contributed by atoms with E-state index in [1.54, 1.807) is 18.3 Å². The third-order valence-corrected chi connectivity index (χ3v) is 5.18. The van der Waals surface area contributed by atoms with Crippen LogP contribution in [0.25, 0.3) is 11.1 Å². The predicted molar refractivity (Wildman–Crippen MR) is 134 cm³/mol. The first-order chi connectivity index (χ1) is 15.9. The first-order valence-electron chi connectivity index (χ1n) is 10.9. The van der Waals surface area contributed by atoms with Gasteiger partial charge in [0, 0.05) is 11.9 Å². The van der Waals surface area contributed by atoms with Crippen LogP contribution in [0.1, 0.15) is 26.3 Å². The molecule has 0 aliphatic heterocycles. The number of hydrogen-bond acceptors (Lipinski definition) is 3. The number of pyridine rings is 1. The van der Waals surface area contributed by atoms with Crippen molar-refractivity contribution in [2.45, 2.75) is 26.2 Å². The Labute approximate surface area is 194 Å². The van der Waals surface area contributed by atoms with E-state index in [0.29, 0.717) is 23.0 Å². The molecule has 0 aliphatic carbocycles. The fourth-order valence-corrected chi connectivity index (χ4v) is 3.39. The molecule has 4 rings (SSSR count). The molecule has 0 aliphatic rings. The van der Waals surface area contributed by atoms with Gasteiger partial charge in [0.25, 0.3) is 0 Å². The maximum absolute atomic E-state index is 12.6. The molecule has 1 aromatic heterocycles. The van der Waals surface area contributed by atoms with E-state index in [1.807, 2.05) is 78.9 Å². The van der Waals surface area contributed by atoms with Crippen molar-refractivity contribution < 1.29 is 9.53 Å². The lowest BCUT2D eigenvalue weighted by atomic mass is 9.87. The highest BCUT2D eigenvalue weighted by molar-refractivity contribution is 6.00. The Morgan fingerprint density at radius 3 is 2.24 bits per heavy atom. The minimum atomic E-state index is -0.366. The second-order valence-corrected chi connectivity index (χ2v) is 8.76. The van der Waals surface area contributed by atoms with Crippen LogP contribution in [-0.2, 0) is 5.41 Å². The van der Waals surface area contributed by atoms with Gasteiger partial charge in [0.05, 0.1) is 0 Å². The van der Waals surface area contributed by atoms with Crippen molar-refractivity contribution in [1.29, 1.82) is 0 Å². The Hall–Kier alpha value is -4.12. The lowest BCUT2D eigenvalue weighted by molar-refractivity contribution is 0.262. The average Bonchev–Trinajstić information content (AvgIpc) is 2.81. The van der Waals surface area contributed by atoms with E-state index in [2.05, 4.69) is 36.4 Å². The molecule has 0 saturated carbocycles. The molecule has 4 aromatic rings. The van der Waals surface area contributed by atoms with Crippen LogP contribution in [0.5, 0.6) is 11.6 Å². The Morgan fingerprint density at radius 2 is 1.52 bits per heavy atom. The number of rotatable bonds is 5. The van der Waals surface area contributed by atoms with Crippen LogP contribution in [0.2, 0.25) is 0 Å². The normalized spacial score (nSPS) is 11.0. The lowest BCUT2D eigenvalue weighted by Gasteiger charge is -2.19. The molecule has 3 aromatic carbocycles. The van der Waals surface area contributed by atoms with Crippen LogP contribution >= 0.6 is 0 Å². The van der Waals surface area contributed by atoms with Crippen molar-refractivity contribution >= 4 is 17.4 Å². The number of anilines is 2. The van der Waals surface area contributed by atoms with Gasteiger partial charge < -0.3 is 15.4 Å². The molecule has 0 saturated heterocycles. The van der Waals surface area contributed by atoms with Crippen molar-refractivity contribution in [3.63, 3.8) is 0 Å². The van der Waals surface area contributed by atoms with Crippen molar-refractivity contribution in [2.75, 3.05) is 10.6 Å². The van der Waals surface area contributed by atoms with Gasteiger partial charge in [0.2, 0.25) is 5.88 Å². The molecule has 0 atom stereocenters. The molecule has 0 spiro atoms. The quantitative estimate of drug-likeness (QED) is 0.340. The van der Waals surface area contributed by atoms with Crippen LogP contribution in [0, 0.1) is 0 Å². The number of nitrogens with one attached hydrogen (secondary N) is 2. The monoisotopic (exact) mass is 437 g/mol. The van der Waals surface area contributed by atoms with Crippen LogP contribution in [0.4, 0.5) is 16.2 Å². The van der Waals surface area contributed by atoms with E-state index in [1.165, 1.54) is 5.56 Å². The van der Waals surface area contributed by atoms with Gasteiger partial charge in [-0.2, -0.15) is 0 Å². The van der Waals surface area contributed by atoms with E-state index in [0.717, 1.165) is 11.1 Å². The highest BCUT2D eigenvalue weighted by Gasteiger charge is 2.14. The molecule has 5 nitrogen and oxygen atoms in total. The third-order valence-electron chi connectivity index (χ3n) is 5.18. The number of carbonyl (C=O) groups excluding carboxylic acids is 1. The number of hydrogen-bond donors (Lipinski definition) is 2. The zero-order chi connectivity index (χ0) is 23.3. The number of urea groups is 1. The summed E-state index contributed by atoms with van der Waals surface area (Å²) in [5, 5.41) is 5.69. The summed E-state index contributed by atoms with van der Waals surface area (Å²) >= 11 is 0. The first kappa shape index (κ1) is 22.1. The summed E-state index contributed by atoms with van der Waals surface area (Å²) in [5.74, 6) is 0.956. The smallest absolute Gasteiger partial charge is 0.323 e. The number of aromatic nitrogens is 1. The maximum Gasteiger partial charge on any atom is 0.323 e. The van der Waals surface area contributed by atoms with E-state index < -0.39 is 0 Å². The molecule has 1 heterocycles. The Balaban J connectivity index is 1.46. The first-order valence-corrected chi connectivity index (χ1v) is 10.9. The van der Waals surface area contributed by atoms with Crippen LogP contribution in [0.3, 0.4) is 0 Å². The average molecular weight is 438 g/mol. The van der Waals surface area contributed by atoms with Crippen molar-refractivity contribution in [3.05, 3.63) is 103 Å². The molecule has 0 bridgehead atoms. The van der Waals surface area contributed by atoms with Gasteiger partial charge in [0.1, 0.15) is 11.4 Å². The number of amides is 2. The number of carbonyl (C=O) groups is 1. The molecule has 33 heavy (non-hydrogen) atoms. The Morgan fingerprint density at radius 1 is 0.788 bits per heavy atom. The van der Waals surface area contributed by atoms with E-state index in [-0.39, 0.29) is 11.4 Å². The number of ether oxygens (including phenoxy) is 1. The third kappa shape index (κ3) is 5.77. The van der Waals surface area contributed by atoms with Gasteiger partial charge in [-0.3, -0.25) is 0 Å². The zero-order valence-corrected chi connectivity index (χ0v) is 19.0. The summed E-state index contributed by atoms with van der Waals surface area (Å²) in [4.78, 5) is 16.9. The molecular weight excluding hydrogens is 410 g/mol. The van der Waals surface area contributed by atoms with Gasteiger partial charge in [0.15, 0.2) is 0 Å². The molecule has 0 fully saturated rings. The minimum Gasteiger partial charge on any atom is -0.437 e. The zero-order valence-electron chi connectivity index (χ0n) is 19.0. The lowest BCUT2D eigenvalue weighted by Crippen LogP contribution is -2.20. The van der Waals surface area contributed by atoms with Crippen LogP contribution in [0.15, 0.2) is 97.2 Å². The molecule has 0 unspecified atom stereocenters. The van der Waals surface area contributed by atoms with Gasteiger partial charge in [-0.05, 0) is 58.5 Å². The molecule has 166 valence electrons. The topological polar surface area (TPSA) is 63.2 Å². The molecule has 0 radical (unpaired) electrons. The minimum absolute atomic E-state index is 0.0561.